The molecule has 0 aliphatic heterocycles. The first-order valence-corrected chi connectivity index (χ1v) is 8.08. The average molecular weight is 344 g/mol. The number of hydrogen-bond donors (Lipinski definition) is 2. The first-order chi connectivity index (χ1) is 11.5. The van der Waals surface area contributed by atoms with Gasteiger partial charge in [0.05, 0.1) is 11.5 Å². The van der Waals surface area contributed by atoms with Crippen LogP contribution in [0.3, 0.4) is 0 Å². The minimum Gasteiger partial charge on any atom is -0.491 e. The number of rotatable bonds is 5. The van der Waals surface area contributed by atoms with E-state index in [4.69, 9.17) is 16.3 Å². The van der Waals surface area contributed by atoms with Crippen LogP contribution in [-0.2, 0) is 6.54 Å². The number of hydrogen-bond acceptors (Lipinski definition) is 4. The van der Waals surface area contributed by atoms with Crippen molar-refractivity contribution < 1.29 is 4.74 Å². The summed E-state index contributed by atoms with van der Waals surface area (Å²) in [7, 11) is 0. The fourth-order valence-electron chi connectivity index (χ4n) is 2.45. The van der Waals surface area contributed by atoms with Crippen LogP contribution in [0.4, 0.5) is 5.69 Å². The molecule has 3 rings (SSSR count). The Balaban J connectivity index is 1.79. The summed E-state index contributed by atoms with van der Waals surface area (Å²) in [6.45, 7) is 4.63. The van der Waals surface area contributed by atoms with Gasteiger partial charge in [0.25, 0.3) is 5.56 Å². The second kappa shape index (κ2) is 6.93. The summed E-state index contributed by atoms with van der Waals surface area (Å²) < 4.78 is 5.70. The van der Waals surface area contributed by atoms with Crippen LogP contribution in [0.25, 0.3) is 10.8 Å². The van der Waals surface area contributed by atoms with Crippen LogP contribution in [0, 0.1) is 0 Å². The molecule has 0 aliphatic carbocycles. The van der Waals surface area contributed by atoms with Crippen LogP contribution in [0.5, 0.6) is 5.75 Å². The smallest absolute Gasteiger partial charge is 0.272 e. The highest BCUT2D eigenvalue weighted by Gasteiger charge is 2.06. The van der Waals surface area contributed by atoms with Crippen molar-refractivity contribution in [2.45, 2.75) is 26.5 Å². The van der Waals surface area contributed by atoms with Crippen LogP contribution in [0.15, 0.2) is 47.3 Å². The molecular formula is C18H18ClN3O2. The molecule has 0 radical (unpaired) electrons. The third-order valence-corrected chi connectivity index (χ3v) is 3.80. The van der Waals surface area contributed by atoms with E-state index in [0.29, 0.717) is 17.3 Å². The minimum absolute atomic E-state index is 0.140. The van der Waals surface area contributed by atoms with E-state index < -0.39 is 0 Å². The summed E-state index contributed by atoms with van der Waals surface area (Å²) in [6, 6.07) is 13.4. The Kier molecular flexibility index (Phi) is 4.71. The van der Waals surface area contributed by atoms with Gasteiger partial charge in [-0.05, 0) is 49.7 Å². The van der Waals surface area contributed by atoms with Crippen molar-refractivity contribution in [2.75, 3.05) is 5.32 Å². The Bertz CT molecular complexity index is 922. The third-order valence-electron chi connectivity index (χ3n) is 3.51. The maximum absolute atomic E-state index is 11.7. The Labute approximate surface area is 144 Å². The molecule has 0 unspecified atom stereocenters. The van der Waals surface area contributed by atoms with E-state index in [-0.39, 0.29) is 16.8 Å². The molecule has 0 bridgehead atoms. The molecule has 0 saturated heterocycles. The molecular weight excluding hydrogens is 326 g/mol. The van der Waals surface area contributed by atoms with Crippen molar-refractivity contribution in [1.29, 1.82) is 0 Å². The van der Waals surface area contributed by atoms with Crippen molar-refractivity contribution in [3.05, 3.63) is 63.5 Å². The largest absolute Gasteiger partial charge is 0.491 e. The maximum atomic E-state index is 11.7. The Morgan fingerprint density at radius 2 is 2.04 bits per heavy atom. The number of benzene rings is 2. The van der Waals surface area contributed by atoms with Crippen LogP contribution >= 0.6 is 11.6 Å². The molecule has 0 spiro atoms. The van der Waals surface area contributed by atoms with E-state index >= 15 is 0 Å². The van der Waals surface area contributed by atoms with Crippen molar-refractivity contribution in [1.82, 2.24) is 10.2 Å². The second-order valence-electron chi connectivity index (χ2n) is 5.77. The van der Waals surface area contributed by atoms with Crippen LogP contribution in [0.1, 0.15) is 19.4 Å². The number of ether oxygens (including phenoxy) is 1. The Morgan fingerprint density at radius 1 is 1.21 bits per heavy atom. The van der Waals surface area contributed by atoms with E-state index in [1.54, 1.807) is 6.07 Å². The molecule has 5 nitrogen and oxygen atoms in total. The Morgan fingerprint density at radius 3 is 2.83 bits per heavy atom. The number of nitrogens with zero attached hydrogens (tertiary/aromatic N) is 1. The predicted molar refractivity (Wildman–Crippen MR) is 96.9 cm³/mol. The zero-order chi connectivity index (χ0) is 17.1. The summed E-state index contributed by atoms with van der Waals surface area (Å²) in [6.07, 6.45) is 0.140. The second-order valence-corrected chi connectivity index (χ2v) is 6.13. The lowest BCUT2D eigenvalue weighted by molar-refractivity contribution is 0.242. The molecule has 6 heteroatoms. The maximum Gasteiger partial charge on any atom is 0.272 e. The summed E-state index contributed by atoms with van der Waals surface area (Å²) in [5.41, 5.74) is 1.72. The van der Waals surface area contributed by atoms with Crippen LogP contribution in [-0.4, -0.2) is 16.3 Å². The van der Waals surface area contributed by atoms with Gasteiger partial charge in [-0.2, -0.15) is 5.10 Å². The van der Waals surface area contributed by atoms with Crippen molar-refractivity contribution in [2.24, 2.45) is 0 Å². The topological polar surface area (TPSA) is 67.0 Å². The molecule has 124 valence electrons. The van der Waals surface area contributed by atoms with Crippen LogP contribution in [0.2, 0.25) is 5.15 Å². The summed E-state index contributed by atoms with van der Waals surface area (Å²) >= 11 is 6.06. The first-order valence-electron chi connectivity index (χ1n) is 7.70. The molecule has 0 saturated carbocycles. The molecule has 3 aromatic rings. The molecule has 24 heavy (non-hydrogen) atoms. The average Bonchev–Trinajstić information content (AvgIpc) is 2.56. The van der Waals surface area contributed by atoms with Gasteiger partial charge < -0.3 is 10.1 Å². The Hall–Kier alpha value is -2.53. The number of nitrogens with one attached hydrogen (secondary N) is 2. The lowest BCUT2D eigenvalue weighted by atomic mass is 10.1. The van der Waals surface area contributed by atoms with Crippen molar-refractivity contribution >= 4 is 28.1 Å². The summed E-state index contributed by atoms with van der Waals surface area (Å²) in [4.78, 5) is 11.7. The van der Waals surface area contributed by atoms with Gasteiger partial charge >= 0.3 is 0 Å². The number of aromatic amines is 1. The van der Waals surface area contributed by atoms with E-state index in [1.807, 2.05) is 50.2 Å². The third kappa shape index (κ3) is 3.68. The van der Waals surface area contributed by atoms with Gasteiger partial charge in [0.15, 0.2) is 5.15 Å². The van der Waals surface area contributed by atoms with Gasteiger partial charge in [0.2, 0.25) is 0 Å². The summed E-state index contributed by atoms with van der Waals surface area (Å²) in [5, 5.41) is 10.9. The normalized spacial score (nSPS) is 11.0. The van der Waals surface area contributed by atoms with Gasteiger partial charge in [-0.15, -0.1) is 0 Å². The predicted octanol–water partition coefficient (Wildman–Crippen LogP) is 3.98. The SMILES string of the molecule is CC(C)Oc1cccc(CNc2ccc3c(=O)[nH]nc(Cl)c3c2)c1. The molecule has 1 heterocycles. The molecule has 0 amide bonds. The van der Waals surface area contributed by atoms with Crippen molar-refractivity contribution in [3.63, 3.8) is 0 Å². The molecule has 0 fully saturated rings. The molecule has 1 aromatic heterocycles. The zero-order valence-electron chi connectivity index (χ0n) is 13.5. The highest BCUT2D eigenvalue weighted by molar-refractivity contribution is 6.34. The van der Waals surface area contributed by atoms with Gasteiger partial charge in [-0.1, -0.05) is 23.7 Å². The lowest BCUT2D eigenvalue weighted by Gasteiger charge is -2.12. The zero-order valence-corrected chi connectivity index (χ0v) is 14.2. The highest BCUT2D eigenvalue weighted by Crippen LogP contribution is 2.22. The van der Waals surface area contributed by atoms with Gasteiger partial charge in [-0.3, -0.25) is 4.79 Å². The molecule has 0 atom stereocenters. The standard InChI is InChI=1S/C18H18ClN3O2/c1-11(2)24-14-5-3-4-12(8-14)10-20-13-6-7-15-16(9-13)17(19)21-22-18(15)23/h3-9,11,20H,10H2,1-2H3,(H,22,23). The van der Waals surface area contributed by atoms with E-state index in [2.05, 4.69) is 15.5 Å². The fourth-order valence-corrected chi connectivity index (χ4v) is 2.65. The molecule has 0 aliphatic rings. The van der Waals surface area contributed by atoms with Gasteiger partial charge in [0, 0.05) is 17.6 Å². The highest BCUT2D eigenvalue weighted by atomic mass is 35.5. The summed E-state index contributed by atoms with van der Waals surface area (Å²) in [5.74, 6) is 0.849. The number of halogens is 1. The molecule has 2 N–H and O–H groups in total. The van der Waals surface area contributed by atoms with E-state index in [9.17, 15) is 4.79 Å². The minimum atomic E-state index is -0.250. The van der Waals surface area contributed by atoms with Gasteiger partial charge in [-0.25, -0.2) is 5.10 Å². The van der Waals surface area contributed by atoms with E-state index in [0.717, 1.165) is 17.0 Å². The lowest BCUT2D eigenvalue weighted by Crippen LogP contribution is -2.09. The van der Waals surface area contributed by atoms with Gasteiger partial charge in [0.1, 0.15) is 5.75 Å². The number of fused-ring (bicyclic) bond motifs is 1. The van der Waals surface area contributed by atoms with E-state index in [1.165, 1.54) is 0 Å². The molecule has 2 aromatic carbocycles. The monoisotopic (exact) mass is 343 g/mol. The quantitative estimate of drug-likeness (QED) is 0.735. The van der Waals surface area contributed by atoms with Crippen LogP contribution < -0.4 is 15.6 Å². The number of aromatic nitrogens is 2. The number of H-pyrrole nitrogens is 1. The van der Waals surface area contributed by atoms with Crippen molar-refractivity contribution in [3.8, 4) is 5.75 Å². The number of anilines is 1. The fraction of sp³-hybridized carbons (Fsp3) is 0.222. The first kappa shape index (κ1) is 16.3.